The van der Waals surface area contributed by atoms with Crippen LogP contribution >= 0.6 is 11.3 Å². The third kappa shape index (κ3) is 2.09. The Bertz CT molecular complexity index is 403. The Morgan fingerprint density at radius 1 is 1.36 bits per heavy atom. The van der Waals surface area contributed by atoms with Crippen LogP contribution in [0, 0.1) is 0 Å². The number of amides is 1. The molecule has 0 aliphatic carbocycles. The van der Waals surface area contributed by atoms with Crippen molar-refractivity contribution < 1.29 is 4.79 Å². The summed E-state index contributed by atoms with van der Waals surface area (Å²) in [6.45, 7) is 4.00. The lowest BCUT2D eigenvalue weighted by molar-refractivity contribution is 0.1000. The van der Waals surface area contributed by atoms with Crippen LogP contribution in [0.1, 0.15) is 23.6 Å². The number of benzene rings is 1. The zero-order valence-electron chi connectivity index (χ0n) is 8.15. The van der Waals surface area contributed by atoms with E-state index in [9.17, 15) is 4.79 Å². The van der Waals surface area contributed by atoms with Crippen molar-refractivity contribution >= 4 is 27.5 Å². The Kier molecular flexibility index (Phi) is 3.59. The van der Waals surface area contributed by atoms with E-state index in [2.05, 4.69) is 4.98 Å². The molecule has 1 heterocycles. The predicted molar refractivity (Wildman–Crippen MR) is 59.5 cm³/mol. The van der Waals surface area contributed by atoms with Crippen molar-refractivity contribution in [1.82, 2.24) is 4.98 Å². The maximum Gasteiger partial charge on any atom is 0.277 e. The van der Waals surface area contributed by atoms with Gasteiger partial charge in [-0.3, -0.25) is 4.79 Å². The lowest BCUT2D eigenvalue weighted by Gasteiger charge is -1.80. The molecule has 1 aromatic carbocycles. The molecule has 1 aromatic heterocycles. The number of carbonyl (C=O) groups is 1. The van der Waals surface area contributed by atoms with Crippen LogP contribution in [0.4, 0.5) is 0 Å². The zero-order valence-corrected chi connectivity index (χ0v) is 8.97. The van der Waals surface area contributed by atoms with E-state index in [1.807, 2.05) is 38.1 Å². The van der Waals surface area contributed by atoms with Crippen LogP contribution in [0.5, 0.6) is 0 Å². The Labute approximate surface area is 86.6 Å². The van der Waals surface area contributed by atoms with Crippen molar-refractivity contribution in [2.75, 3.05) is 0 Å². The number of nitrogens with two attached hydrogens (primary N) is 1. The molecule has 2 rings (SSSR count). The molecule has 0 saturated heterocycles. The summed E-state index contributed by atoms with van der Waals surface area (Å²) in [5.41, 5.74) is 5.92. The Balaban J connectivity index is 0.000000461. The van der Waals surface area contributed by atoms with E-state index < -0.39 is 5.91 Å². The third-order valence-electron chi connectivity index (χ3n) is 1.50. The number of rotatable bonds is 1. The van der Waals surface area contributed by atoms with Crippen molar-refractivity contribution in [2.24, 2.45) is 5.73 Å². The van der Waals surface area contributed by atoms with Gasteiger partial charge in [-0.2, -0.15) is 0 Å². The molecule has 0 atom stereocenters. The van der Waals surface area contributed by atoms with Crippen LogP contribution in [-0.2, 0) is 0 Å². The van der Waals surface area contributed by atoms with Gasteiger partial charge in [0.15, 0.2) is 5.01 Å². The topological polar surface area (TPSA) is 56.0 Å². The molecule has 0 aliphatic rings. The van der Waals surface area contributed by atoms with Gasteiger partial charge in [0, 0.05) is 0 Å². The molecule has 0 spiro atoms. The molecule has 0 radical (unpaired) electrons. The van der Waals surface area contributed by atoms with Crippen LogP contribution < -0.4 is 5.73 Å². The second-order valence-electron chi connectivity index (χ2n) is 2.35. The van der Waals surface area contributed by atoms with E-state index in [1.165, 1.54) is 11.3 Å². The number of fused-ring (bicyclic) bond motifs is 1. The van der Waals surface area contributed by atoms with Crippen LogP contribution in [0.25, 0.3) is 10.2 Å². The number of aromatic nitrogens is 1. The Morgan fingerprint density at radius 3 is 2.57 bits per heavy atom. The smallest absolute Gasteiger partial charge is 0.277 e. The van der Waals surface area contributed by atoms with Gasteiger partial charge in [0.05, 0.1) is 10.2 Å². The first-order valence-electron chi connectivity index (χ1n) is 4.43. The lowest BCUT2D eigenvalue weighted by Crippen LogP contribution is -2.09. The first-order valence-corrected chi connectivity index (χ1v) is 5.24. The summed E-state index contributed by atoms with van der Waals surface area (Å²) in [4.78, 5) is 14.8. The molecule has 74 valence electrons. The number of thiazole rings is 1. The number of para-hydroxylation sites is 1. The van der Waals surface area contributed by atoms with Crippen molar-refractivity contribution in [2.45, 2.75) is 13.8 Å². The summed E-state index contributed by atoms with van der Waals surface area (Å²) in [7, 11) is 0. The minimum atomic E-state index is -0.462. The fourth-order valence-electron chi connectivity index (χ4n) is 0.978. The maximum absolute atomic E-state index is 10.7. The van der Waals surface area contributed by atoms with E-state index >= 15 is 0 Å². The number of hydrogen-bond donors (Lipinski definition) is 1. The van der Waals surface area contributed by atoms with Gasteiger partial charge >= 0.3 is 0 Å². The molecule has 0 bridgehead atoms. The van der Waals surface area contributed by atoms with E-state index in [0.717, 1.165) is 10.2 Å². The van der Waals surface area contributed by atoms with Crippen molar-refractivity contribution in [1.29, 1.82) is 0 Å². The Morgan fingerprint density at radius 2 is 2.00 bits per heavy atom. The number of nitrogens with zero attached hydrogens (tertiary/aromatic N) is 1. The van der Waals surface area contributed by atoms with E-state index in [0.29, 0.717) is 5.01 Å². The number of carbonyl (C=O) groups excluding carboxylic acids is 1. The van der Waals surface area contributed by atoms with Gasteiger partial charge < -0.3 is 5.73 Å². The van der Waals surface area contributed by atoms with Gasteiger partial charge in [0.25, 0.3) is 5.91 Å². The van der Waals surface area contributed by atoms with Crippen LogP contribution in [0.3, 0.4) is 0 Å². The summed E-state index contributed by atoms with van der Waals surface area (Å²) in [5, 5.41) is 0.371. The summed E-state index contributed by atoms with van der Waals surface area (Å²) in [6, 6.07) is 7.57. The molecule has 2 aromatic rings. The largest absolute Gasteiger partial charge is 0.364 e. The summed E-state index contributed by atoms with van der Waals surface area (Å²) in [5.74, 6) is -0.462. The quantitative estimate of drug-likeness (QED) is 0.782. The van der Waals surface area contributed by atoms with Crippen LogP contribution in [0.2, 0.25) is 0 Å². The van der Waals surface area contributed by atoms with Crippen molar-refractivity contribution in [3.8, 4) is 0 Å². The van der Waals surface area contributed by atoms with Gasteiger partial charge in [-0.1, -0.05) is 26.0 Å². The van der Waals surface area contributed by atoms with Gasteiger partial charge in [-0.25, -0.2) is 4.98 Å². The second-order valence-corrected chi connectivity index (χ2v) is 3.38. The van der Waals surface area contributed by atoms with Crippen LogP contribution in [-0.4, -0.2) is 10.9 Å². The van der Waals surface area contributed by atoms with E-state index in [4.69, 9.17) is 5.73 Å². The summed E-state index contributed by atoms with van der Waals surface area (Å²) >= 11 is 1.32. The molecule has 4 heteroatoms. The molecule has 3 nitrogen and oxygen atoms in total. The van der Waals surface area contributed by atoms with Crippen molar-refractivity contribution in [3.05, 3.63) is 29.3 Å². The van der Waals surface area contributed by atoms with Gasteiger partial charge in [-0.05, 0) is 12.1 Å². The van der Waals surface area contributed by atoms with Crippen LogP contribution in [0.15, 0.2) is 24.3 Å². The fourth-order valence-corrected chi connectivity index (χ4v) is 1.80. The highest BCUT2D eigenvalue weighted by molar-refractivity contribution is 7.20. The first kappa shape index (κ1) is 10.7. The molecule has 2 N–H and O–H groups in total. The molecular weight excluding hydrogens is 196 g/mol. The standard InChI is InChI=1S/C8H6N2OS.C2H6/c9-7(11)8-10-5-3-1-2-4-6(5)12-8;1-2/h1-4H,(H2,9,11);1-2H3. The average Bonchev–Trinajstić information content (AvgIpc) is 2.64. The van der Waals surface area contributed by atoms with E-state index in [1.54, 1.807) is 0 Å². The number of primary amides is 1. The highest BCUT2D eigenvalue weighted by Crippen LogP contribution is 2.20. The van der Waals surface area contributed by atoms with Gasteiger partial charge in [0.2, 0.25) is 0 Å². The maximum atomic E-state index is 10.7. The third-order valence-corrected chi connectivity index (χ3v) is 2.56. The number of hydrogen-bond acceptors (Lipinski definition) is 3. The fraction of sp³-hybridized carbons (Fsp3) is 0.200. The normalized spacial score (nSPS) is 9.29. The van der Waals surface area contributed by atoms with E-state index in [-0.39, 0.29) is 0 Å². The zero-order chi connectivity index (χ0) is 10.6. The molecule has 0 unspecified atom stereocenters. The average molecular weight is 208 g/mol. The molecule has 0 fully saturated rings. The monoisotopic (exact) mass is 208 g/mol. The molecule has 1 amide bonds. The molecular formula is C10H12N2OS. The lowest BCUT2D eigenvalue weighted by atomic mass is 10.3. The second kappa shape index (κ2) is 4.72. The SMILES string of the molecule is CC.NC(=O)c1nc2ccccc2s1. The molecule has 0 saturated carbocycles. The highest BCUT2D eigenvalue weighted by Gasteiger charge is 2.06. The minimum absolute atomic E-state index is 0.371. The van der Waals surface area contributed by atoms with Gasteiger partial charge in [-0.15, -0.1) is 11.3 Å². The Hall–Kier alpha value is -1.42. The summed E-state index contributed by atoms with van der Waals surface area (Å²) < 4.78 is 0.992. The minimum Gasteiger partial charge on any atom is -0.364 e. The molecule has 0 aliphatic heterocycles. The first-order chi connectivity index (χ1) is 6.77. The summed E-state index contributed by atoms with van der Waals surface area (Å²) in [6.07, 6.45) is 0. The predicted octanol–water partition coefficient (Wildman–Crippen LogP) is 2.42. The molecule has 14 heavy (non-hydrogen) atoms. The van der Waals surface area contributed by atoms with Gasteiger partial charge in [0.1, 0.15) is 0 Å². The van der Waals surface area contributed by atoms with Crippen molar-refractivity contribution in [3.63, 3.8) is 0 Å². The highest BCUT2D eigenvalue weighted by atomic mass is 32.1.